The van der Waals surface area contributed by atoms with Gasteiger partial charge in [0.15, 0.2) is 0 Å². The third kappa shape index (κ3) is 3.04. The van der Waals surface area contributed by atoms with Gasteiger partial charge >= 0.3 is 0 Å². The first-order valence-corrected chi connectivity index (χ1v) is 8.23. The van der Waals surface area contributed by atoms with Crippen LogP contribution in [-0.2, 0) is 6.16 Å². The molecule has 1 aromatic carbocycles. The lowest BCUT2D eigenvalue weighted by molar-refractivity contribution is 1.29. The maximum atomic E-state index is 2.28. The van der Waals surface area contributed by atoms with E-state index in [0.717, 1.165) is 0 Å². The van der Waals surface area contributed by atoms with Crippen LogP contribution in [-0.4, -0.2) is 24.6 Å². The Kier molecular flexibility index (Phi) is 3.76. The highest BCUT2D eigenvalue weighted by molar-refractivity contribution is 7.59. The minimum Gasteiger partial charge on any atom is -0.121 e. The van der Waals surface area contributed by atoms with Crippen LogP contribution in [0.2, 0.25) is 0 Å². The second kappa shape index (κ2) is 5.08. The molecule has 1 heterocycles. The summed E-state index contributed by atoms with van der Waals surface area (Å²) in [7, 11) is 1.62. The van der Waals surface area contributed by atoms with Crippen molar-refractivity contribution < 1.29 is 0 Å². The summed E-state index contributed by atoms with van der Waals surface area (Å²) in [6.07, 6.45) is 7.46. The van der Waals surface area contributed by atoms with Gasteiger partial charge in [-0.3, -0.25) is 0 Å². The Labute approximate surface area is 83.7 Å². The maximum absolute atomic E-state index is 2.28. The smallest absolute Gasteiger partial charge is 0.00729 e. The van der Waals surface area contributed by atoms with Crippen molar-refractivity contribution in [3.63, 3.8) is 0 Å². The molecule has 1 aliphatic rings. The van der Waals surface area contributed by atoms with Gasteiger partial charge in [-0.15, -0.1) is 16.5 Å². The van der Waals surface area contributed by atoms with Gasteiger partial charge in [-0.05, 0) is 36.4 Å². The van der Waals surface area contributed by atoms with Crippen LogP contribution in [0.4, 0.5) is 0 Å². The van der Waals surface area contributed by atoms with Crippen molar-refractivity contribution in [1.82, 2.24) is 0 Å². The highest BCUT2D eigenvalue weighted by atomic mass is 31.1. The first-order valence-electron chi connectivity index (χ1n) is 4.92. The summed E-state index contributed by atoms with van der Waals surface area (Å²) >= 11 is 0. The molecule has 0 aromatic heterocycles. The van der Waals surface area contributed by atoms with E-state index in [-0.39, 0.29) is 0 Å². The summed E-state index contributed by atoms with van der Waals surface area (Å²) in [6.45, 7) is 0. The van der Waals surface area contributed by atoms with Crippen molar-refractivity contribution in [3.05, 3.63) is 35.9 Å². The fourth-order valence-electron chi connectivity index (χ4n) is 1.71. The van der Waals surface area contributed by atoms with E-state index in [1.165, 1.54) is 39.4 Å². The number of hydrogen-bond acceptors (Lipinski definition) is 0. The van der Waals surface area contributed by atoms with E-state index in [2.05, 4.69) is 30.3 Å². The van der Waals surface area contributed by atoms with Crippen molar-refractivity contribution in [3.8, 4) is 0 Å². The largest absolute Gasteiger partial charge is 0.121 e. The quantitative estimate of drug-likeness (QED) is 0.656. The lowest BCUT2D eigenvalue weighted by Crippen LogP contribution is -2.03. The minimum atomic E-state index is 0.359. The van der Waals surface area contributed by atoms with Crippen LogP contribution < -0.4 is 0 Å². The summed E-state index contributed by atoms with van der Waals surface area (Å²) in [6, 6.07) is 11.0. The SMILES string of the molecule is c1ccc(CP2CCPCC2)cc1. The highest BCUT2D eigenvalue weighted by Crippen LogP contribution is 2.45. The molecule has 0 N–H and O–H groups in total. The second-order valence-electron chi connectivity index (χ2n) is 3.51. The second-order valence-corrected chi connectivity index (χ2v) is 7.56. The Morgan fingerprint density at radius 1 is 1.08 bits per heavy atom. The fourth-order valence-corrected chi connectivity index (χ4v) is 7.02. The third-order valence-corrected chi connectivity index (χ3v) is 7.03. The summed E-state index contributed by atoms with van der Waals surface area (Å²) in [5.74, 6) is 0. The van der Waals surface area contributed by atoms with Crippen LogP contribution in [0.15, 0.2) is 30.3 Å². The molecule has 0 nitrogen and oxygen atoms in total. The van der Waals surface area contributed by atoms with E-state index in [1.54, 1.807) is 5.56 Å². The average Bonchev–Trinajstić information content (AvgIpc) is 2.21. The lowest BCUT2D eigenvalue weighted by Gasteiger charge is -2.22. The van der Waals surface area contributed by atoms with Crippen molar-refractivity contribution in [1.29, 1.82) is 0 Å². The van der Waals surface area contributed by atoms with Gasteiger partial charge in [0.25, 0.3) is 0 Å². The Hall–Kier alpha value is 0.0800. The molecule has 2 heteroatoms. The van der Waals surface area contributed by atoms with Gasteiger partial charge in [0, 0.05) is 0 Å². The summed E-state index contributed by atoms with van der Waals surface area (Å²) in [5.41, 5.74) is 1.55. The van der Waals surface area contributed by atoms with Gasteiger partial charge in [0.1, 0.15) is 0 Å². The van der Waals surface area contributed by atoms with E-state index >= 15 is 0 Å². The Bertz CT molecular complexity index is 240. The molecular weight excluding hydrogens is 194 g/mol. The number of benzene rings is 1. The fraction of sp³-hybridized carbons (Fsp3) is 0.455. The van der Waals surface area contributed by atoms with E-state index in [0.29, 0.717) is 7.92 Å². The Morgan fingerprint density at radius 2 is 1.77 bits per heavy atom. The molecule has 2 rings (SSSR count). The van der Waals surface area contributed by atoms with Gasteiger partial charge in [0.2, 0.25) is 0 Å². The van der Waals surface area contributed by atoms with E-state index in [9.17, 15) is 0 Å². The minimum absolute atomic E-state index is 0.359. The van der Waals surface area contributed by atoms with E-state index in [1.807, 2.05) is 0 Å². The molecule has 1 saturated heterocycles. The average molecular weight is 210 g/mol. The van der Waals surface area contributed by atoms with Crippen LogP contribution in [0, 0.1) is 0 Å². The molecule has 0 radical (unpaired) electrons. The zero-order valence-corrected chi connectivity index (χ0v) is 9.76. The molecule has 1 fully saturated rings. The predicted molar refractivity (Wildman–Crippen MR) is 64.8 cm³/mol. The zero-order valence-electron chi connectivity index (χ0n) is 7.87. The first-order chi connectivity index (χ1) is 6.45. The molecule has 1 aliphatic heterocycles. The van der Waals surface area contributed by atoms with Crippen LogP contribution in [0.5, 0.6) is 0 Å². The Morgan fingerprint density at radius 3 is 2.46 bits per heavy atom. The number of hydrogen-bond donors (Lipinski definition) is 0. The van der Waals surface area contributed by atoms with Gasteiger partial charge in [-0.1, -0.05) is 30.3 Å². The topological polar surface area (TPSA) is 0 Å². The molecule has 0 spiro atoms. The molecular formula is C11H16P2. The summed E-state index contributed by atoms with van der Waals surface area (Å²) in [4.78, 5) is 0. The maximum Gasteiger partial charge on any atom is -0.00729 e. The molecule has 70 valence electrons. The normalized spacial score (nSPS) is 24.8. The van der Waals surface area contributed by atoms with E-state index < -0.39 is 0 Å². The molecule has 1 aromatic rings. The monoisotopic (exact) mass is 210 g/mol. The van der Waals surface area contributed by atoms with E-state index in [4.69, 9.17) is 0 Å². The van der Waals surface area contributed by atoms with Crippen molar-refractivity contribution in [2.24, 2.45) is 0 Å². The van der Waals surface area contributed by atoms with Crippen LogP contribution in [0.25, 0.3) is 0 Å². The summed E-state index contributed by atoms with van der Waals surface area (Å²) in [5, 5.41) is 0. The predicted octanol–water partition coefficient (Wildman–Crippen LogP) is 3.36. The number of rotatable bonds is 2. The molecule has 0 aliphatic carbocycles. The van der Waals surface area contributed by atoms with Crippen LogP contribution >= 0.6 is 16.5 Å². The highest BCUT2D eigenvalue weighted by Gasteiger charge is 2.12. The lowest BCUT2D eigenvalue weighted by atomic mass is 10.2. The molecule has 13 heavy (non-hydrogen) atoms. The van der Waals surface area contributed by atoms with Crippen LogP contribution in [0.1, 0.15) is 5.56 Å². The molecule has 0 unspecified atom stereocenters. The van der Waals surface area contributed by atoms with Crippen molar-refractivity contribution in [2.45, 2.75) is 6.16 Å². The van der Waals surface area contributed by atoms with Crippen molar-refractivity contribution >= 4 is 16.5 Å². The van der Waals surface area contributed by atoms with Crippen LogP contribution in [0.3, 0.4) is 0 Å². The molecule has 0 atom stereocenters. The molecule has 0 bridgehead atoms. The van der Waals surface area contributed by atoms with Gasteiger partial charge in [0.05, 0.1) is 0 Å². The Balaban J connectivity index is 1.90. The zero-order chi connectivity index (χ0) is 8.93. The standard InChI is InChI=1S/C11H16P2/c1-2-4-11(5-3-1)10-13-8-6-12-7-9-13/h1-5,12H,6-10H2. The first kappa shape index (κ1) is 9.63. The third-order valence-electron chi connectivity index (χ3n) is 2.46. The van der Waals surface area contributed by atoms with Crippen molar-refractivity contribution in [2.75, 3.05) is 24.6 Å². The molecule has 0 amide bonds. The molecule has 0 saturated carbocycles. The van der Waals surface area contributed by atoms with Gasteiger partial charge < -0.3 is 0 Å². The van der Waals surface area contributed by atoms with Gasteiger partial charge in [-0.25, -0.2) is 0 Å². The van der Waals surface area contributed by atoms with Gasteiger partial charge in [-0.2, -0.15) is 0 Å². The summed E-state index contributed by atoms with van der Waals surface area (Å²) < 4.78 is 0.